The lowest BCUT2D eigenvalue weighted by Gasteiger charge is -2.31. The van der Waals surface area contributed by atoms with Crippen molar-refractivity contribution in [2.75, 3.05) is 19.6 Å². The molecule has 26 heavy (non-hydrogen) atoms. The van der Waals surface area contributed by atoms with Gasteiger partial charge in [0.1, 0.15) is 6.04 Å². The van der Waals surface area contributed by atoms with Gasteiger partial charge >= 0.3 is 0 Å². The summed E-state index contributed by atoms with van der Waals surface area (Å²) in [6, 6.07) is 10.4. The fraction of sp³-hybridized carbons (Fsp3) is 0.550. The van der Waals surface area contributed by atoms with Crippen LogP contribution in [-0.4, -0.2) is 40.6 Å². The van der Waals surface area contributed by atoms with Gasteiger partial charge in [0, 0.05) is 5.92 Å². The molecule has 2 heterocycles. The lowest BCUT2D eigenvalue weighted by molar-refractivity contribution is -0.123. The Bertz CT molecular complexity index is 733. The van der Waals surface area contributed by atoms with Gasteiger partial charge in [-0.05, 0) is 57.2 Å². The number of piperidine rings is 1. The zero-order chi connectivity index (χ0) is 17.9. The predicted octanol–water partition coefficient (Wildman–Crippen LogP) is 3.00. The Hall–Kier alpha value is -2.21. The molecule has 138 valence electrons. The first-order valence-corrected chi connectivity index (χ1v) is 9.59. The number of nitrogens with zero attached hydrogens (tertiary/aromatic N) is 3. The molecule has 2 fully saturated rings. The van der Waals surface area contributed by atoms with Gasteiger partial charge in [0.25, 0.3) is 0 Å². The van der Waals surface area contributed by atoms with Gasteiger partial charge in [0.15, 0.2) is 5.82 Å². The van der Waals surface area contributed by atoms with Crippen molar-refractivity contribution >= 4 is 5.91 Å². The molecule has 1 saturated carbocycles. The number of hydrogen-bond acceptors (Lipinski definition) is 5. The lowest BCUT2D eigenvalue weighted by atomic mass is 9.89. The average molecular weight is 354 g/mol. The molecule has 1 atom stereocenters. The summed E-state index contributed by atoms with van der Waals surface area (Å²) in [6.45, 7) is 4.22. The minimum Gasteiger partial charge on any atom is -0.343 e. The monoisotopic (exact) mass is 354 g/mol. The molecule has 2 aromatic rings. The fourth-order valence-corrected chi connectivity index (χ4v) is 3.63. The van der Waals surface area contributed by atoms with E-state index >= 15 is 0 Å². The van der Waals surface area contributed by atoms with Crippen LogP contribution in [0.4, 0.5) is 0 Å². The maximum absolute atomic E-state index is 12.4. The van der Waals surface area contributed by atoms with Crippen LogP contribution in [-0.2, 0) is 4.79 Å². The van der Waals surface area contributed by atoms with Gasteiger partial charge < -0.3 is 9.84 Å². The van der Waals surface area contributed by atoms with Gasteiger partial charge in [0.05, 0.1) is 6.54 Å². The molecular formula is C20H26N4O2. The van der Waals surface area contributed by atoms with E-state index < -0.39 is 0 Å². The summed E-state index contributed by atoms with van der Waals surface area (Å²) in [4.78, 5) is 19.0. The Morgan fingerprint density at radius 2 is 1.92 bits per heavy atom. The van der Waals surface area contributed by atoms with Crippen molar-refractivity contribution in [1.82, 2.24) is 20.4 Å². The number of carbonyl (C=O) groups is 1. The van der Waals surface area contributed by atoms with Crippen LogP contribution in [0.2, 0.25) is 0 Å². The number of nitrogens with one attached hydrogen (secondary N) is 1. The van der Waals surface area contributed by atoms with Crippen molar-refractivity contribution in [3.05, 3.63) is 47.6 Å². The van der Waals surface area contributed by atoms with Gasteiger partial charge in [-0.2, -0.15) is 4.98 Å². The van der Waals surface area contributed by atoms with Crippen LogP contribution in [0.15, 0.2) is 34.9 Å². The van der Waals surface area contributed by atoms with Crippen molar-refractivity contribution in [1.29, 1.82) is 0 Å². The van der Waals surface area contributed by atoms with E-state index in [0.717, 1.165) is 44.6 Å². The maximum atomic E-state index is 12.4. The van der Waals surface area contributed by atoms with Crippen molar-refractivity contribution in [3.63, 3.8) is 0 Å². The summed E-state index contributed by atoms with van der Waals surface area (Å²) in [6.07, 6.45) is 4.47. The summed E-state index contributed by atoms with van der Waals surface area (Å²) in [5.41, 5.74) is 1.41. The summed E-state index contributed by atoms with van der Waals surface area (Å²) < 4.78 is 5.29. The summed E-state index contributed by atoms with van der Waals surface area (Å²) >= 11 is 0. The van der Waals surface area contributed by atoms with Crippen molar-refractivity contribution < 1.29 is 9.32 Å². The predicted molar refractivity (Wildman–Crippen MR) is 97.7 cm³/mol. The number of hydrogen-bond donors (Lipinski definition) is 1. The summed E-state index contributed by atoms with van der Waals surface area (Å²) in [7, 11) is 0. The Kier molecular flexibility index (Phi) is 5.02. The number of rotatable bonds is 6. The van der Waals surface area contributed by atoms with Crippen LogP contribution in [0.3, 0.4) is 0 Å². The topological polar surface area (TPSA) is 71.3 Å². The van der Waals surface area contributed by atoms with Crippen LogP contribution in [0.25, 0.3) is 0 Å². The van der Waals surface area contributed by atoms with E-state index in [-0.39, 0.29) is 11.9 Å². The first kappa shape index (κ1) is 17.2. The van der Waals surface area contributed by atoms with E-state index in [1.54, 1.807) is 0 Å². The first-order chi connectivity index (χ1) is 12.7. The van der Waals surface area contributed by atoms with Gasteiger partial charge in [-0.3, -0.25) is 9.69 Å². The number of carbonyl (C=O) groups excluding carboxylic acids is 1. The normalized spacial score (nSPS) is 20.0. The van der Waals surface area contributed by atoms with Crippen LogP contribution in [0.1, 0.15) is 67.8 Å². The second kappa shape index (κ2) is 7.58. The lowest BCUT2D eigenvalue weighted by Crippen LogP contribution is -2.41. The molecule has 4 rings (SSSR count). The standard InChI is InChI=1S/C20H26N4O2/c1-14(20-22-19(23-26-20)17-7-8-17)21-18(25)13-24-11-9-16(10-12-24)15-5-3-2-4-6-15/h2-6,14,16-17H,7-13H2,1H3,(H,21,25)/t14-/m0/s1. The molecule has 1 N–H and O–H groups in total. The fourth-order valence-electron chi connectivity index (χ4n) is 3.63. The van der Waals surface area contributed by atoms with E-state index in [1.807, 2.05) is 6.92 Å². The molecule has 1 amide bonds. The maximum Gasteiger partial charge on any atom is 0.248 e. The van der Waals surface area contributed by atoms with E-state index in [9.17, 15) is 4.79 Å². The highest BCUT2D eigenvalue weighted by atomic mass is 16.5. The molecule has 1 aliphatic carbocycles. The average Bonchev–Trinajstić information content (AvgIpc) is 3.39. The van der Waals surface area contributed by atoms with Crippen molar-refractivity contribution in [2.45, 2.75) is 50.5 Å². The highest BCUT2D eigenvalue weighted by Crippen LogP contribution is 2.38. The second-order valence-electron chi connectivity index (χ2n) is 7.52. The molecule has 1 aromatic heterocycles. The Balaban J connectivity index is 1.23. The smallest absolute Gasteiger partial charge is 0.248 e. The van der Waals surface area contributed by atoms with E-state index in [1.165, 1.54) is 5.56 Å². The van der Waals surface area contributed by atoms with Gasteiger partial charge in [-0.1, -0.05) is 35.5 Å². The number of likely N-dealkylation sites (tertiary alicyclic amines) is 1. The first-order valence-electron chi connectivity index (χ1n) is 9.59. The Morgan fingerprint density at radius 1 is 1.19 bits per heavy atom. The van der Waals surface area contributed by atoms with E-state index in [0.29, 0.717) is 24.3 Å². The van der Waals surface area contributed by atoms with Gasteiger partial charge in [-0.15, -0.1) is 0 Å². The molecular weight excluding hydrogens is 328 g/mol. The third kappa shape index (κ3) is 4.12. The van der Waals surface area contributed by atoms with Crippen LogP contribution in [0.5, 0.6) is 0 Å². The highest BCUT2D eigenvalue weighted by molar-refractivity contribution is 5.78. The number of aromatic nitrogens is 2. The highest BCUT2D eigenvalue weighted by Gasteiger charge is 2.30. The molecule has 2 aliphatic rings. The molecule has 1 aliphatic heterocycles. The molecule has 1 aromatic carbocycles. The molecule has 0 spiro atoms. The van der Waals surface area contributed by atoms with Crippen molar-refractivity contribution in [2.24, 2.45) is 0 Å². The minimum atomic E-state index is -0.246. The van der Waals surface area contributed by atoms with Crippen molar-refractivity contribution in [3.8, 4) is 0 Å². The third-order valence-electron chi connectivity index (χ3n) is 5.37. The third-order valence-corrected chi connectivity index (χ3v) is 5.37. The second-order valence-corrected chi connectivity index (χ2v) is 7.52. The zero-order valence-electron chi connectivity index (χ0n) is 15.2. The Labute approximate surface area is 154 Å². The number of benzene rings is 1. The van der Waals surface area contributed by atoms with Gasteiger partial charge in [0.2, 0.25) is 11.8 Å². The van der Waals surface area contributed by atoms with Crippen LogP contribution >= 0.6 is 0 Å². The summed E-state index contributed by atoms with van der Waals surface area (Å²) in [5, 5.41) is 6.99. The van der Waals surface area contributed by atoms with E-state index in [2.05, 4.69) is 50.7 Å². The molecule has 1 saturated heterocycles. The zero-order valence-corrected chi connectivity index (χ0v) is 15.2. The van der Waals surface area contributed by atoms with Crippen LogP contribution in [0, 0.1) is 0 Å². The summed E-state index contributed by atoms with van der Waals surface area (Å²) in [5.74, 6) is 2.36. The molecule has 0 radical (unpaired) electrons. The quantitative estimate of drug-likeness (QED) is 0.863. The van der Waals surface area contributed by atoms with E-state index in [4.69, 9.17) is 4.52 Å². The minimum absolute atomic E-state index is 0.0156. The largest absolute Gasteiger partial charge is 0.343 e. The van der Waals surface area contributed by atoms with Gasteiger partial charge in [-0.25, -0.2) is 0 Å². The molecule has 6 heteroatoms. The Morgan fingerprint density at radius 3 is 2.62 bits per heavy atom. The molecule has 0 bridgehead atoms. The van der Waals surface area contributed by atoms with Crippen LogP contribution < -0.4 is 5.32 Å². The SMILES string of the molecule is C[C@H](NC(=O)CN1CCC(c2ccccc2)CC1)c1nc(C2CC2)no1. The number of amides is 1. The molecule has 0 unspecified atom stereocenters. The molecule has 6 nitrogen and oxygen atoms in total.